The Hall–Kier alpha value is -2.12. The minimum absolute atomic E-state index is 0.0559. The van der Waals surface area contributed by atoms with Crippen LogP contribution < -0.4 is 0 Å². The van der Waals surface area contributed by atoms with Gasteiger partial charge in [-0.05, 0) is 11.8 Å². The Bertz CT molecular complexity index is 699. The highest BCUT2D eigenvalue weighted by molar-refractivity contribution is 5.96. The van der Waals surface area contributed by atoms with E-state index in [2.05, 4.69) is 10.1 Å². The van der Waals surface area contributed by atoms with Crippen molar-refractivity contribution in [3.05, 3.63) is 23.0 Å². The van der Waals surface area contributed by atoms with Crippen molar-refractivity contribution >= 4 is 17.1 Å². The van der Waals surface area contributed by atoms with Crippen molar-refractivity contribution in [3.8, 4) is 0 Å². The van der Waals surface area contributed by atoms with Gasteiger partial charge in [0.15, 0.2) is 0 Å². The van der Waals surface area contributed by atoms with E-state index in [-0.39, 0.29) is 28.6 Å². The second-order valence-electron chi connectivity index (χ2n) is 5.90. The van der Waals surface area contributed by atoms with E-state index in [4.69, 9.17) is 9.63 Å². The van der Waals surface area contributed by atoms with Gasteiger partial charge in [-0.15, -0.1) is 0 Å². The molecule has 0 aliphatic rings. The van der Waals surface area contributed by atoms with Crippen LogP contribution in [0.2, 0.25) is 0 Å². The summed E-state index contributed by atoms with van der Waals surface area (Å²) in [6.45, 7) is 5.49. The fraction of sp³-hybridized carbons (Fsp3) is 0.462. The van der Waals surface area contributed by atoms with Crippen LogP contribution in [0.5, 0.6) is 0 Å². The molecule has 0 aliphatic heterocycles. The van der Waals surface area contributed by atoms with Gasteiger partial charge in [0.05, 0.1) is 22.2 Å². The largest absolute Gasteiger partial charge is 0.478 e. The standard InChI is InChI=1S/C13H13F3N2O3/c1-12(2,3)4-7-8-9(13(14,15)16)6(11(19)20)5-17-10(8)21-18-7/h5H,4H2,1-3H3,(H,19,20). The quantitative estimate of drug-likeness (QED) is 0.918. The van der Waals surface area contributed by atoms with E-state index in [9.17, 15) is 18.0 Å². The number of hydrogen-bond acceptors (Lipinski definition) is 4. The molecule has 2 aromatic heterocycles. The summed E-state index contributed by atoms with van der Waals surface area (Å²) in [4.78, 5) is 14.7. The summed E-state index contributed by atoms with van der Waals surface area (Å²) in [5.41, 5.74) is -2.77. The highest BCUT2D eigenvalue weighted by Crippen LogP contribution is 2.39. The maximum Gasteiger partial charge on any atom is 0.418 e. The van der Waals surface area contributed by atoms with Gasteiger partial charge >= 0.3 is 12.1 Å². The van der Waals surface area contributed by atoms with Gasteiger partial charge in [0.25, 0.3) is 5.71 Å². The molecular formula is C13H13F3N2O3. The normalized spacial score (nSPS) is 12.9. The Morgan fingerprint density at radius 3 is 2.43 bits per heavy atom. The summed E-state index contributed by atoms with van der Waals surface area (Å²) in [6.07, 6.45) is -4.00. The number of nitrogens with zero attached hydrogens (tertiary/aromatic N) is 2. The molecule has 0 saturated heterocycles. The Morgan fingerprint density at radius 1 is 1.33 bits per heavy atom. The Morgan fingerprint density at radius 2 is 1.95 bits per heavy atom. The van der Waals surface area contributed by atoms with Crippen molar-refractivity contribution < 1.29 is 27.6 Å². The lowest BCUT2D eigenvalue weighted by molar-refractivity contribution is -0.136. The highest BCUT2D eigenvalue weighted by atomic mass is 19.4. The average Bonchev–Trinajstić information content (AvgIpc) is 2.67. The summed E-state index contributed by atoms with van der Waals surface area (Å²) >= 11 is 0. The van der Waals surface area contributed by atoms with Crippen LogP contribution in [0.25, 0.3) is 11.1 Å². The summed E-state index contributed by atoms with van der Waals surface area (Å²) in [5, 5.41) is 12.2. The first-order chi connectivity index (χ1) is 9.50. The number of aromatic nitrogens is 2. The number of alkyl halides is 3. The number of carboxylic acids is 1. The zero-order chi connectivity index (χ0) is 16.0. The van der Waals surface area contributed by atoms with Crippen LogP contribution in [0.1, 0.15) is 42.4 Å². The molecule has 1 N–H and O–H groups in total. The molecule has 0 aliphatic carbocycles. The molecule has 0 amide bonds. The predicted molar refractivity (Wildman–Crippen MR) is 66.9 cm³/mol. The molecule has 0 radical (unpaired) electrons. The number of hydrogen-bond donors (Lipinski definition) is 1. The van der Waals surface area contributed by atoms with Gasteiger partial charge in [0.1, 0.15) is 0 Å². The number of carbonyl (C=O) groups is 1. The van der Waals surface area contributed by atoms with E-state index < -0.39 is 23.3 Å². The number of aromatic carboxylic acids is 1. The lowest BCUT2D eigenvalue weighted by Crippen LogP contribution is -2.16. The minimum Gasteiger partial charge on any atom is -0.478 e. The predicted octanol–water partition coefficient (Wildman–Crippen LogP) is 3.53. The van der Waals surface area contributed by atoms with E-state index in [1.165, 1.54) is 0 Å². The molecule has 0 aromatic carbocycles. The molecule has 0 bridgehead atoms. The average molecular weight is 302 g/mol. The molecule has 21 heavy (non-hydrogen) atoms. The van der Waals surface area contributed by atoms with Crippen molar-refractivity contribution in [2.24, 2.45) is 5.41 Å². The van der Waals surface area contributed by atoms with Crippen LogP contribution in [0, 0.1) is 5.41 Å². The third-order valence-corrected chi connectivity index (χ3v) is 2.79. The zero-order valence-electron chi connectivity index (χ0n) is 11.6. The van der Waals surface area contributed by atoms with Crippen LogP contribution in [0.4, 0.5) is 13.2 Å². The minimum atomic E-state index is -4.84. The Labute approximate surface area is 117 Å². The Balaban J connectivity index is 2.81. The monoisotopic (exact) mass is 302 g/mol. The fourth-order valence-electron chi connectivity index (χ4n) is 2.05. The maximum absolute atomic E-state index is 13.3. The van der Waals surface area contributed by atoms with Gasteiger partial charge < -0.3 is 9.63 Å². The number of rotatable bonds is 2. The topological polar surface area (TPSA) is 76.2 Å². The number of carboxylic acid groups (broad SMARTS) is 1. The van der Waals surface area contributed by atoms with Gasteiger partial charge in [-0.25, -0.2) is 9.78 Å². The third-order valence-electron chi connectivity index (χ3n) is 2.79. The molecule has 2 heterocycles. The first-order valence-electron chi connectivity index (χ1n) is 6.08. The van der Waals surface area contributed by atoms with Crippen molar-refractivity contribution in [2.75, 3.05) is 0 Å². The SMILES string of the molecule is CC(C)(C)Cc1noc2ncc(C(=O)O)c(C(F)(F)F)c12. The number of fused-ring (bicyclic) bond motifs is 1. The second-order valence-corrected chi connectivity index (χ2v) is 5.90. The number of halogens is 3. The van der Waals surface area contributed by atoms with Crippen LogP contribution in [0.3, 0.4) is 0 Å². The molecule has 0 spiro atoms. The summed E-state index contributed by atoms with van der Waals surface area (Å²) < 4.78 is 44.6. The van der Waals surface area contributed by atoms with Gasteiger partial charge in [-0.2, -0.15) is 13.2 Å². The summed E-state index contributed by atoms with van der Waals surface area (Å²) in [5.74, 6) is -1.69. The maximum atomic E-state index is 13.3. The molecule has 114 valence electrons. The molecule has 2 rings (SSSR count). The number of pyridine rings is 1. The molecule has 0 saturated carbocycles. The lowest BCUT2D eigenvalue weighted by Gasteiger charge is -2.17. The fourth-order valence-corrected chi connectivity index (χ4v) is 2.05. The lowest BCUT2D eigenvalue weighted by atomic mass is 9.89. The van der Waals surface area contributed by atoms with Crippen molar-refractivity contribution in [1.29, 1.82) is 0 Å². The molecule has 2 aromatic rings. The van der Waals surface area contributed by atoms with Gasteiger partial charge in [0.2, 0.25) is 0 Å². The van der Waals surface area contributed by atoms with Crippen molar-refractivity contribution in [3.63, 3.8) is 0 Å². The summed E-state index contributed by atoms with van der Waals surface area (Å²) in [6, 6.07) is 0. The van der Waals surface area contributed by atoms with Crippen LogP contribution in [-0.4, -0.2) is 21.2 Å². The second kappa shape index (κ2) is 4.71. The highest BCUT2D eigenvalue weighted by Gasteiger charge is 2.40. The van der Waals surface area contributed by atoms with E-state index >= 15 is 0 Å². The Kier molecular flexibility index (Phi) is 3.43. The van der Waals surface area contributed by atoms with Crippen LogP contribution >= 0.6 is 0 Å². The molecule has 0 atom stereocenters. The molecule has 5 nitrogen and oxygen atoms in total. The molecule has 0 unspecified atom stereocenters. The third kappa shape index (κ3) is 2.98. The van der Waals surface area contributed by atoms with Gasteiger partial charge in [0, 0.05) is 6.20 Å². The molecule has 8 heteroatoms. The smallest absolute Gasteiger partial charge is 0.418 e. The van der Waals surface area contributed by atoms with Crippen molar-refractivity contribution in [2.45, 2.75) is 33.4 Å². The first kappa shape index (κ1) is 15.3. The van der Waals surface area contributed by atoms with E-state index in [1.807, 2.05) is 20.8 Å². The van der Waals surface area contributed by atoms with Gasteiger partial charge in [-0.3, -0.25) is 0 Å². The molecular weight excluding hydrogens is 289 g/mol. The van der Waals surface area contributed by atoms with Crippen LogP contribution in [0.15, 0.2) is 10.7 Å². The van der Waals surface area contributed by atoms with Gasteiger partial charge in [-0.1, -0.05) is 25.9 Å². The van der Waals surface area contributed by atoms with E-state index in [1.54, 1.807) is 0 Å². The van der Waals surface area contributed by atoms with E-state index in [0.717, 1.165) is 0 Å². The summed E-state index contributed by atoms with van der Waals surface area (Å²) in [7, 11) is 0. The van der Waals surface area contributed by atoms with Crippen LogP contribution in [-0.2, 0) is 12.6 Å². The van der Waals surface area contributed by atoms with Crippen molar-refractivity contribution in [1.82, 2.24) is 10.1 Å². The zero-order valence-corrected chi connectivity index (χ0v) is 11.6. The van der Waals surface area contributed by atoms with E-state index in [0.29, 0.717) is 6.20 Å². The molecule has 0 fully saturated rings. The first-order valence-corrected chi connectivity index (χ1v) is 6.08.